The van der Waals surface area contributed by atoms with E-state index in [1.807, 2.05) is 0 Å². The van der Waals surface area contributed by atoms with Gasteiger partial charge >= 0.3 is 6.18 Å². The first-order valence-corrected chi connectivity index (χ1v) is 7.53. The SMILES string of the molecule is CC(C)(C)CC1CN=C(Nc2ccc(C(F)(F)F)nc2)S1. The number of halogens is 3. The molecular weight excluding hydrogens is 299 g/mol. The van der Waals surface area contributed by atoms with Gasteiger partial charge in [-0.3, -0.25) is 4.99 Å². The van der Waals surface area contributed by atoms with Gasteiger partial charge in [-0.25, -0.2) is 4.98 Å². The second kappa shape index (κ2) is 5.87. The first-order valence-electron chi connectivity index (χ1n) is 6.65. The Hall–Kier alpha value is -1.24. The van der Waals surface area contributed by atoms with Crippen molar-refractivity contribution in [2.24, 2.45) is 10.4 Å². The molecule has 0 saturated carbocycles. The fourth-order valence-electron chi connectivity index (χ4n) is 2.03. The van der Waals surface area contributed by atoms with Crippen molar-refractivity contribution in [2.45, 2.75) is 38.6 Å². The monoisotopic (exact) mass is 317 g/mol. The average molecular weight is 317 g/mol. The maximum atomic E-state index is 12.4. The standard InChI is InChI=1S/C14H18F3N3S/c1-13(2,3)6-10-8-19-12(21-10)20-9-4-5-11(18-7-9)14(15,16)17/h4-5,7,10H,6,8H2,1-3H3,(H,19,20). The van der Waals surface area contributed by atoms with Crippen molar-refractivity contribution in [2.75, 3.05) is 11.9 Å². The minimum Gasteiger partial charge on any atom is -0.334 e. The first kappa shape index (κ1) is 16.1. The molecule has 116 valence electrons. The van der Waals surface area contributed by atoms with Gasteiger partial charge in [-0.2, -0.15) is 13.2 Å². The molecule has 1 unspecified atom stereocenters. The topological polar surface area (TPSA) is 37.3 Å². The van der Waals surface area contributed by atoms with Crippen LogP contribution in [0, 0.1) is 5.41 Å². The molecule has 0 spiro atoms. The maximum absolute atomic E-state index is 12.4. The highest BCUT2D eigenvalue weighted by Gasteiger charge is 2.32. The lowest BCUT2D eigenvalue weighted by atomic mass is 9.90. The second-order valence-electron chi connectivity index (χ2n) is 6.21. The van der Waals surface area contributed by atoms with Crippen LogP contribution in [-0.2, 0) is 6.18 Å². The van der Waals surface area contributed by atoms with Gasteiger partial charge in [0.1, 0.15) is 5.69 Å². The lowest BCUT2D eigenvalue weighted by Crippen LogP contribution is -2.16. The summed E-state index contributed by atoms with van der Waals surface area (Å²) in [5, 5.41) is 4.17. The minimum atomic E-state index is -4.41. The molecular formula is C14H18F3N3S. The molecule has 21 heavy (non-hydrogen) atoms. The van der Waals surface area contributed by atoms with Crippen LogP contribution in [0.15, 0.2) is 23.3 Å². The number of aliphatic imine (C=N–C) groups is 1. The number of rotatable bonds is 2. The van der Waals surface area contributed by atoms with Gasteiger partial charge in [-0.15, -0.1) is 0 Å². The van der Waals surface area contributed by atoms with Crippen molar-refractivity contribution >= 4 is 22.6 Å². The predicted octanol–water partition coefficient (Wildman–Crippen LogP) is 4.42. The summed E-state index contributed by atoms with van der Waals surface area (Å²) in [6.07, 6.45) is -2.18. The fourth-order valence-corrected chi connectivity index (χ4v) is 3.41. The number of pyridine rings is 1. The Bertz CT molecular complexity index is 518. The third kappa shape index (κ3) is 4.91. The third-order valence-corrected chi connectivity index (χ3v) is 3.97. The Morgan fingerprint density at radius 2 is 2.00 bits per heavy atom. The van der Waals surface area contributed by atoms with E-state index in [9.17, 15) is 13.2 Å². The number of nitrogens with zero attached hydrogens (tertiary/aromatic N) is 2. The summed E-state index contributed by atoms with van der Waals surface area (Å²) in [4.78, 5) is 7.80. The van der Waals surface area contributed by atoms with Gasteiger partial charge in [0.05, 0.1) is 18.4 Å². The number of nitrogens with one attached hydrogen (secondary N) is 1. The number of hydrogen-bond acceptors (Lipinski definition) is 4. The van der Waals surface area contributed by atoms with Crippen LogP contribution >= 0.6 is 11.8 Å². The Kier molecular flexibility index (Phi) is 4.51. The van der Waals surface area contributed by atoms with Crippen LogP contribution in [0.1, 0.15) is 32.9 Å². The van der Waals surface area contributed by atoms with E-state index < -0.39 is 11.9 Å². The smallest absolute Gasteiger partial charge is 0.334 e. The summed E-state index contributed by atoms with van der Waals surface area (Å²) in [7, 11) is 0. The van der Waals surface area contributed by atoms with Crippen LogP contribution in [0.3, 0.4) is 0 Å². The predicted molar refractivity (Wildman–Crippen MR) is 80.6 cm³/mol. The number of alkyl halides is 3. The zero-order valence-electron chi connectivity index (χ0n) is 12.2. The van der Waals surface area contributed by atoms with E-state index in [-0.39, 0.29) is 5.41 Å². The van der Waals surface area contributed by atoms with Crippen LogP contribution in [0.2, 0.25) is 0 Å². The molecule has 0 radical (unpaired) electrons. The van der Waals surface area contributed by atoms with Crippen molar-refractivity contribution in [3.05, 3.63) is 24.0 Å². The third-order valence-electron chi connectivity index (χ3n) is 2.86. The van der Waals surface area contributed by atoms with Crippen molar-refractivity contribution in [1.82, 2.24) is 4.98 Å². The molecule has 0 fully saturated rings. The van der Waals surface area contributed by atoms with Gasteiger partial charge in [-0.1, -0.05) is 32.5 Å². The molecule has 2 heterocycles. The van der Waals surface area contributed by atoms with E-state index in [0.717, 1.165) is 24.2 Å². The molecule has 0 bridgehead atoms. The Labute approximate surface area is 126 Å². The molecule has 1 aromatic rings. The molecule has 0 saturated heterocycles. The van der Waals surface area contributed by atoms with Crippen LogP contribution in [0.4, 0.5) is 18.9 Å². The van der Waals surface area contributed by atoms with Gasteiger partial charge in [-0.05, 0) is 24.0 Å². The van der Waals surface area contributed by atoms with Crippen LogP contribution in [0.25, 0.3) is 0 Å². The van der Waals surface area contributed by atoms with Gasteiger partial charge in [0.2, 0.25) is 0 Å². The van der Waals surface area contributed by atoms with E-state index in [4.69, 9.17) is 0 Å². The highest BCUT2D eigenvalue weighted by Crippen LogP contribution is 2.33. The lowest BCUT2D eigenvalue weighted by Gasteiger charge is -2.21. The van der Waals surface area contributed by atoms with E-state index in [0.29, 0.717) is 10.9 Å². The van der Waals surface area contributed by atoms with Crippen LogP contribution in [-0.4, -0.2) is 21.9 Å². The number of amidine groups is 1. The minimum absolute atomic E-state index is 0.235. The number of thioether (sulfide) groups is 1. The van der Waals surface area contributed by atoms with Gasteiger partial charge < -0.3 is 5.32 Å². The molecule has 1 aliphatic rings. The molecule has 7 heteroatoms. The second-order valence-corrected chi connectivity index (χ2v) is 7.49. The van der Waals surface area contributed by atoms with E-state index >= 15 is 0 Å². The zero-order valence-corrected chi connectivity index (χ0v) is 13.0. The van der Waals surface area contributed by atoms with Gasteiger partial charge in [0, 0.05) is 5.25 Å². The van der Waals surface area contributed by atoms with Crippen molar-refractivity contribution in [1.29, 1.82) is 0 Å². The van der Waals surface area contributed by atoms with E-state index in [1.54, 1.807) is 11.8 Å². The zero-order chi connectivity index (χ0) is 15.7. The van der Waals surface area contributed by atoms with Crippen LogP contribution < -0.4 is 5.32 Å². The van der Waals surface area contributed by atoms with Crippen molar-refractivity contribution in [3.8, 4) is 0 Å². The Morgan fingerprint density at radius 1 is 1.29 bits per heavy atom. The molecule has 0 amide bonds. The molecule has 2 rings (SSSR count). The Morgan fingerprint density at radius 3 is 2.52 bits per heavy atom. The highest BCUT2D eigenvalue weighted by molar-refractivity contribution is 8.15. The summed E-state index contributed by atoms with van der Waals surface area (Å²) in [5.41, 5.74) is -0.135. The van der Waals surface area contributed by atoms with Gasteiger partial charge in [0.25, 0.3) is 0 Å². The lowest BCUT2D eigenvalue weighted by molar-refractivity contribution is -0.141. The molecule has 0 aliphatic carbocycles. The first-order chi connectivity index (χ1) is 9.63. The summed E-state index contributed by atoms with van der Waals surface area (Å²) < 4.78 is 37.3. The fraction of sp³-hybridized carbons (Fsp3) is 0.571. The van der Waals surface area contributed by atoms with E-state index in [1.165, 1.54) is 12.3 Å². The molecule has 0 aromatic carbocycles. The van der Waals surface area contributed by atoms with E-state index in [2.05, 4.69) is 36.1 Å². The maximum Gasteiger partial charge on any atom is 0.433 e. The number of aromatic nitrogens is 1. The number of anilines is 1. The summed E-state index contributed by atoms with van der Waals surface area (Å²) >= 11 is 1.63. The normalized spacial score (nSPS) is 19.5. The highest BCUT2D eigenvalue weighted by atomic mass is 32.2. The summed E-state index contributed by atoms with van der Waals surface area (Å²) in [6, 6.07) is 2.34. The van der Waals surface area contributed by atoms with Gasteiger partial charge in [0.15, 0.2) is 5.17 Å². The summed E-state index contributed by atoms with van der Waals surface area (Å²) in [5.74, 6) is 0. The summed E-state index contributed by atoms with van der Waals surface area (Å²) in [6.45, 7) is 7.27. The quantitative estimate of drug-likeness (QED) is 0.877. The van der Waals surface area contributed by atoms with Crippen molar-refractivity contribution < 1.29 is 13.2 Å². The largest absolute Gasteiger partial charge is 0.433 e. The van der Waals surface area contributed by atoms with Crippen LogP contribution in [0.5, 0.6) is 0 Å². The molecule has 1 aromatic heterocycles. The molecule has 1 aliphatic heterocycles. The number of hydrogen-bond donors (Lipinski definition) is 1. The average Bonchev–Trinajstić information content (AvgIpc) is 2.73. The van der Waals surface area contributed by atoms with Crippen molar-refractivity contribution in [3.63, 3.8) is 0 Å². The molecule has 3 nitrogen and oxygen atoms in total. The Balaban J connectivity index is 1.92. The molecule has 1 atom stereocenters. The molecule has 1 N–H and O–H groups in total.